The van der Waals surface area contributed by atoms with E-state index in [1.165, 1.54) is 11.3 Å². The third kappa shape index (κ3) is 2.40. The largest absolute Gasteiger partial charge is 0.320 e. The van der Waals surface area contributed by atoms with Crippen LogP contribution in [0.3, 0.4) is 0 Å². The molecule has 0 saturated carbocycles. The van der Waals surface area contributed by atoms with E-state index in [1.54, 1.807) is 11.3 Å². The summed E-state index contributed by atoms with van der Waals surface area (Å²) in [5.41, 5.74) is 7.00. The molecular weight excluding hydrogens is 337 g/mol. The Bertz CT molecular complexity index is 480. The first kappa shape index (κ1) is 11.9. The first-order chi connectivity index (χ1) is 7.09. The Morgan fingerprint density at radius 2 is 2.13 bits per heavy atom. The molecule has 0 amide bonds. The second-order valence-electron chi connectivity index (χ2n) is 2.89. The van der Waals surface area contributed by atoms with Gasteiger partial charge < -0.3 is 5.73 Å². The number of halogens is 3. The first-order valence-corrected chi connectivity index (χ1v) is 7.27. The van der Waals surface area contributed by atoms with Crippen LogP contribution in [-0.4, -0.2) is 0 Å². The van der Waals surface area contributed by atoms with Gasteiger partial charge >= 0.3 is 0 Å². The number of hydrogen-bond acceptors (Lipinski definition) is 3. The van der Waals surface area contributed by atoms with Crippen LogP contribution >= 0.6 is 61.8 Å². The molecule has 0 aliphatic carbocycles. The molecule has 2 rings (SSSR count). The normalized spacial score (nSPS) is 13.1. The summed E-state index contributed by atoms with van der Waals surface area (Å²) in [5, 5.41) is 1.99. The van der Waals surface area contributed by atoms with Crippen LogP contribution in [0.4, 0.5) is 0 Å². The molecule has 0 bridgehead atoms. The summed E-state index contributed by atoms with van der Waals surface area (Å²) in [6.07, 6.45) is 0. The van der Waals surface area contributed by atoms with Crippen molar-refractivity contribution in [3.63, 3.8) is 0 Å². The molecular formula is C9H6BrCl2NS2. The van der Waals surface area contributed by atoms with Crippen LogP contribution in [0.25, 0.3) is 0 Å². The quantitative estimate of drug-likeness (QED) is 0.822. The van der Waals surface area contributed by atoms with E-state index in [-0.39, 0.29) is 6.04 Å². The zero-order valence-corrected chi connectivity index (χ0v) is 12.1. The average Bonchev–Trinajstić information content (AvgIpc) is 2.71. The molecule has 2 aromatic rings. The maximum Gasteiger partial charge on any atom is 0.0995 e. The van der Waals surface area contributed by atoms with Crippen LogP contribution in [0.1, 0.15) is 16.5 Å². The third-order valence-electron chi connectivity index (χ3n) is 1.95. The summed E-state index contributed by atoms with van der Waals surface area (Å²) in [7, 11) is 0. The number of hydrogen-bond donors (Lipinski definition) is 1. The summed E-state index contributed by atoms with van der Waals surface area (Å²) in [5.74, 6) is 0. The van der Waals surface area contributed by atoms with Crippen LogP contribution < -0.4 is 5.73 Å². The van der Waals surface area contributed by atoms with Crippen LogP contribution in [0.15, 0.2) is 22.0 Å². The molecule has 0 fully saturated rings. The highest BCUT2D eigenvalue weighted by Crippen LogP contribution is 2.39. The van der Waals surface area contributed by atoms with Gasteiger partial charge in [-0.25, -0.2) is 0 Å². The molecule has 1 nitrogen and oxygen atoms in total. The fraction of sp³-hybridized carbons (Fsp3) is 0.111. The van der Waals surface area contributed by atoms with E-state index in [0.29, 0.717) is 8.67 Å². The van der Waals surface area contributed by atoms with Gasteiger partial charge in [-0.1, -0.05) is 23.2 Å². The Morgan fingerprint density at radius 1 is 1.40 bits per heavy atom. The van der Waals surface area contributed by atoms with Gasteiger partial charge in [0.1, 0.15) is 0 Å². The Labute approximate surface area is 114 Å². The predicted molar refractivity (Wildman–Crippen MR) is 72.4 cm³/mol. The van der Waals surface area contributed by atoms with Crippen LogP contribution in [0.5, 0.6) is 0 Å². The van der Waals surface area contributed by atoms with Gasteiger partial charge in [0.25, 0.3) is 0 Å². The Hall–Kier alpha value is 0.420. The molecule has 80 valence electrons. The molecule has 0 aromatic carbocycles. The topological polar surface area (TPSA) is 26.0 Å². The third-order valence-corrected chi connectivity index (χ3v) is 5.42. The number of rotatable bonds is 2. The molecule has 6 heteroatoms. The van der Waals surface area contributed by atoms with Crippen molar-refractivity contribution < 1.29 is 0 Å². The van der Waals surface area contributed by atoms with Gasteiger partial charge in [0.15, 0.2) is 0 Å². The van der Waals surface area contributed by atoms with Gasteiger partial charge in [-0.2, -0.15) is 0 Å². The second kappa shape index (κ2) is 4.73. The van der Waals surface area contributed by atoms with E-state index in [1.807, 2.05) is 17.5 Å². The molecule has 0 spiro atoms. The van der Waals surface area contributed by atoms with Crippen molar-refractivity contribution in [2.45, 2.75) is 6.04 Å². The summed E-state index contributed by atoms with van der Waals surface area (Å²) in [6, 6.07) is 3.59. The van der Waals surface area contributed by atoms with Crippen LogP contribution in [-0.2, 0) is 0 Å². The molecule has 2 heterocycles. The van der Waals surface area contributed by atoms with E-state index in [4.69, 9.17) is 28.9 Å². The lowest BCUT2D eigenvalue weighted by Gasteiger charge is -2.09. The Kier molecular flexibility index (Phi) is 3.75. The van der Waals surface area contributed by atoms with Crippen molar-refractivity contribution in [3.05, 3.63) is 41.1 Å². The Morgan fingerprint density at radius 3 is 2.60 bits per heavy atom. The van der Waals surface area contributed by atoms with E-state index in [9.17, 15) is 0 Å². The second-order valence-corrected chi connectivity index (χ2v) is 6.98. The summed E-state index contributed by atoms with van der Waals surface area (Å²) >= 11 is 18.3. The van der Waals surface area contributed by atoms with Crippen molar-refractivity contribution >= 4 is 61.8 Å². The molecule has 0 saturated heterocycles. The zero-order chi connectivity index (χ0) is 11.0. The smallest absolute Gasteiger partial charge is 0.0995 e. The Balaban J connectivity index is 2.40. The standard InChI is InChI=1S/C9H6BrCl2NS2/c10-5-1-2-14-8(5)7(13)4-3-6(11)15-9(4)12/h1-3,7H,13H2. The molecule has 2 aromatic heterocycles. The lowest BCUT2D eigenvalue weighted by Crippen LogP contribution is -2.10. The van der Waals surface area contributed by atoms with Crippen LogP contribution in [0.2, 0.25) is 8.67 Å². The van der Waals surface area contributed by atoms with Crippen molar-refractivity contribution in [1.29, 1.82) is 0 Å². The van der Waals surface area contributed by atoms with E-state index in [2.05, 4.69) is 15.9 Å². The highest BCUT2D eigenvalue weighted by Gasteiger charge is 2.18. The van der Waals surface area contributed by atoms with Gasteiger partial charge in [-0.05, 0) is 33.4 Å². The van der Waals surface area contributed by atoms with Gasteiger partial charge in [0.2, 0.25) is 0 Å². The fourth-order valence-corrected chi connectivity index (χ4v) is 4.42. The monoisotopic (exact) mass is 341 g/mol. The average molecular weight is 343 g/mol. The summed E-state index contributed by atoms with van der Waals surface area (Å²) in [4.78, 5) is 1.06. The summed E-state index contributed by atoms with van der Waals surface area (Å²) < 4.78 is 2.34. The summed E-state index contributed by atoms with van der Waals surface area (Å²) in [6.45, 7) is 0. The van der Waals surface area contributed by atoms with Crippen molar-refractivity contribution in [2.75, 3.05) is 0 Å². The molecule has 0 aliphatic rings. The lowest BCUT2D eigenvalue weighted by molar-refractivity contribution is 0.895. The van der Waals surface area contributed by atoms with E-state index >= 15 is 0 Å². The highest BCUT2D eigenvalue weighted by atomic mass is 79.9. The first-order valence-electron chi connectivity index (χ1n) is 4.03. The molecule has 1 unspecified atom stereocenters. The molecule has 15 heavy (non-hydrogen) atoms. The zero-order valence-electron chi connectivity index (χ0n) is 7.34. The van der Waals surface area contributed by atoms with Crippen molar-refractivity contribution in [1.82, 2.24) is 0 Å². The van der Waals surface area contributed by atoms with Gasteiger partial charge in [0, 0.05) is 14.9 Å². The fourth-order valence-electron chi connectivity index (χ4n) is 1.23. The van der Waals surface area contributed by atoms with Gasteiger partial charge in [-0.3, -0.25) is 0 Å². The molecule has 1 atom stereocenters. The van der Waals surface area contributed by atoms with Gasteiger partial charge in [0.05, 0.1) is 14.7 Å². The molecule has 0 radical (unpaired) electrons. The number of nitrogens with two attached hydrogens (primary N) is 1. The maximum absolute atomic E-state index is 6.12. The minimum Gasteiger partial charge on any atom is -0.320 e. The SMILES string of the molecule is NC(c1cc(Cl)sc1Cl)c1sccc1Br. The minimum atomic E-state index is -0.212. The maximum atomic E-state index is 6.12. The van der Waals surface area contributed by atoms with Crippen molar-refractivity contribution in [2.24, 2.45) is 5.73 Å². The molecule has 0 aliphatic heterocycles. The lowest BCUT2D eigenvalue weighted by atomic mass is 10.1. The molecule has 2 N–H and O–H groups in total. The number of thiophene rings is 2. The van der Waals surface area contributed by atoms with Crippen LogP contribution in [0, 0.1) is 0 Å². The van der Waals surface area contributed by atoms with E-state index in [0.717, 1.165) is 14.9 Å². The minimum absolute atomic E-state index is 0.212. The van der Waals surface area contributed by atoms with E-state index < -0.39 is 0 Å². The predicted octanol–water partition coefficient (Wildman–Crippen LogP) is 4.93. The van der Waals surface area contributed by atoms with Gasteiger partial charge in [-0.15, -0.1) is 22.7 Å². The highest BCUT2D eigenvalue weighted by molar-refractivity contribution is 9.10. The van der Waals surface area contributed by atoms with Crippen molar-refractivity contribution in [3.8, 4) is 0 Å².